The standard InChI is InChI=1S/C14H18N6O/c15-8-14(4-1-2-5-14)19-13(21)11-3-6-17-12(7-11)20-10-16-9-18-20/h3,6-7,9-10H,1-2,4-5,8,15H2,(H,19,21). The third-order valence-corrected chi connectivity index (χ3v) is 3.99. The van der Waals surface area contributed by atoms with Gasteiger partial charge in [0.1, 0.15) is 12.7 Å². The zero-order valence-corrected chi connectivity index (χ0v) is 11.7. The van der Waals surface area contributed by atoms with Gasteiger partial charge in [0, 0.05) is 18.3 Å². The van der Waals surface area contributed by atoms with Crippen molar-refractivity contribution in [3.63, 3.8) is 0 Å². The number of pyridine rings is 1. The number of carbonyl (C=O) groups is 1. The molecule has 0 unspecified atom stereocenters. The number of nitrogens with one attached hydrogen (secondary N) is 1. The van der Waals surface area contributed by atoms with Gasteiger partial charge >= 0.3 is 0 Å². The second-order valence-electron chi connectivity index (χ2n) is 5.39. The number of nitrogens with two attached hydrogens (primary N) is 1. The first kappa shape index (κ1) is 13.7. The van der Waals surface area contributed by atoms with Gasteiger partial charge in [-0.25, -0.2) is 14.6 Å². The molecule has 7 nitrogen and oxygen atoms in total. The summed E-state index contributed by atoms with van der Waals surface area (Å²) >= 11 is 0. The molecule has 1 fully saturated rings. The van der Waals surface area contributed by atoms with Crippen molar-refractivity contribution in [3.05, 3.63) is 36.5 Å². The maximum absolute atomic E-state index is 12.4. The van der Waals surface area contributed by atoms with Gasteiger partial charge in [0.2, 0.25) is 0 Å². The van der Waals surface area contributed by atoms with Crippen molar-refractivity contribution in [1.29, 1.82) is 0 Å². The molecule has 110 valence electrons. The van der Waals surface area contributed by atoms with Crippen LogP contribution in [-0.2, 0) is 0 Å². The Balaban J connectivity index is 1.80. The van der Waals surface area contributed by atoms with Gasteiger partial charge in [0.25, 0.3) is 5.91 Å². The lowest BCUT2D eigenvalue weighted by molar-refractivity contribution is 0.0903. The molecule has 3 rings (SSSR count). The van der Waals surface area contributed by atoms with E-state index in [1.165, 1.54) is 11.0 Å². The van der Waals surface area contributed by atoms with E-state index in [1.54, 1.807) is 24.7 Å². The van der Waals surface area contributed by atoms with Crippen LogP contribution in [0.5, 0.6) is 0 Å². The molecule has 0 bridgehead atoms. The first-order valence-electron chi connectivity index (χ1n) is 7.06. The van der Waals surface area contributed by atoms with Gasteiger partial charge in [0.15, 0.2) is 5.82 Å². The second-order valence-corrected chi connectivity index (χ2v) is 5.39. The lowest BCUT2D eigenvalue weighted by atomic mass is 9.97. The Morgan fingerprint density at radius 3 is 2.90 bits per heavy atom. The zero-order valence-electron chi connectivity index (χ0n) is 11.7. The summed E-state index contributed by atoms with van der Waals surface area (Å²) in [6.45, 7) is 0.472. The van der Waals surface area contributed by atoms with Gasteiger partial charge < -0.3 is 11.1 Å². The van der Waals surface area contributed by atoms with Crippen molar-refractivity contribution in [2.45, 2.75) is 31.2 Å². The average Bonchev–Trinajstić information content (AvgIpc) is 3.19. The lowest BCUT2D eigenvalue weighted by Gasteiger charge is -2.28. The highest BCUT2D eigenvalue weighted by molar-refractivity contribution is 5.95. The highest BCUT2D eigenvalue weighted by Crippen LogP contribution is 2.28. The molecule has 0 spiro atoms. The molecule has 2 aromatic rings. The van der Waals surface area contributed by atoms with E-state index in [4.69, 9.17) is 5.73 Å². The first-order chi connectivity index (χ1) is 10.2. The molecule has 0 aromatic carbocycles. The molecule has 21 heavy (non-hydrogen) atoms. The number of rotatable bonds is 4. The van der Waals surface area contributed by atoms with Crippen LogP contribution in [0.3, 0.4) is 0 Å². The van der Waals surface area contributed by atoms with E-state index >= 15 is 0 Å². The van der Waals surface area contributed by atoms with Crippen molar-refractivity contribution in [2.75, 3.05) is 6.54 Å². The summed E-state index contributed by atoms with van der Waals surface area (Å²) in [5.74, 6) is 0.444. The minimum atomic E-state index is -0.256. The Morgan fingerprint density at radius 2 is 2.24 bits per heavy atom. The molecule has 3 N–H and O–H groups in total. The van der Waals surface area contributed by atoms with Gasteiger partial charge in [-0.05, 0) is 25.0 Å². The molecule has 1 aliphatic rings. The highest BCUT2D eigenvalue weighted by atomic mass is 16.1. The Labute approximate surface area is 122 Å². The first-order valence-corrected chi connectivity index (χ1v) is 7.06. The van der Waals surface area contributed by atoms with E-state index in [0.29, 0.717) is 17.9 Å². The number of carbonyl (C=O) groups excluding carboxylic acids is 1. The fourth-order valence-corrected chi connectivity index (χ4v) is 2.76. The van der Waals surface area contributed by atoms with E-state index in [0.717, 1.165) is 25.7 Å². The number of nitrogens with zero attached hydrogens (tertiary/aromatic N) is 4. The van der Waals surface area contributed by atoms with E-state index in [2.05, 4.69) is 20.4 Å². The number of aromatic nitrogens is 4. The minimum absolute atomic E-state index is 0.119. The number of hydrogen-bond donors (Lipinski definition) is 2. The average molecular weight is 286 g/mol. The molecular weight excluding hydrogens is 268 g/mol. The molecule has 1 saturated carbocycles. The maximum Gasteiger partial charge on any atom is 0.251 e. The van der Waals surface area contributed by atoms with Crippen LogP contribution in [0.1, 0.15) is 36.0 Å². The van der Waals surface area contributed by atoms with Crippen LogP contribution >= 0.6 is 0 Å². The highest BCUT2D eigenvalue weighted by Gasteiger charge is 2.34. The van der Waals surface area contributed by atoms with Crippen LogP contribution < -0.4 is 11.1 Å². The SMILES string of the molecule is NCC1(NC(=O)c2ccnc(-n3cncn3)c2)CCCC1. The van der Waals surface area contributed by atoms with Crippen molar-refractivity contribution in [3.8, 4) is 5.82 Å². The Bertz CT molecular complexity index is 618. The van der Waals surface area contributed by atoms with Crippen LogP contribution in [0, 0.1) is 0 Å². The maximum atomic E-state index is 12.4. The van der Waals surface area contributed by atoms with Crippen LogP contribution in [0.2, 0.25) is 0 Å². The third kappa shape index (κ3) is 2.78. The van der Waals surface area contributed by atoms with E-state index in [9.17, 15) is 4.79 Å². The molecule has 2 heterocycles. The Kier molecular flexibility index (Phi) is 3.66. The smallest absolute Gasteiger partial charge is 0.251 e. The predicted molar refractivity (Wildman–Crippen MR) is 76.9 cm³/mol. The molecule has 2 aromatic heterocycles. The molecule has 7 heteroatoms. The van der Waals surface area contributed by atoms with Gasteiger partial charge in [0.05, 0.1) is 5.54 Å². The van der Waals surface area contributed by atoms with Gasteiger partial charge in [-0.3, -0.25) is 4.79 Å². The van der Waals surface area contributed by atoms with Crippen LogP contribution in [0.25, 0.3) is 5.82 Å². The van der Waals surface area contributed by atoms with E-state index in [1.807, 2.05) is 0 Å². The van der Waals surface area contributed by atoms with Crippen LogP contribution in [0.15, 0.2) is 31.0 Å². The third-order valence-electron chi connectivity index (χ3n) is 3.99. The van der Waals surface area contributed by atoms with Gasteiger partial charge in [-0.1, -0.05) is 12.8 Å². The summed E-state index contributed by atoms with van der Waals surface area (Å²) in [5, 5.41) is 7.11. The summed E-state index contributed by atoms with van der Waals surface area (Å²) in [5.41, 5.74) is 6.15. The Morgan fingerprint density at radius 1 is 1.43 bits per heavy atom. The molecular formula is C14H18N6O. The largest absolute Gasteiger partial charge is 0.345 e. The van der Waals surface area contributed by atoms with Gasteiger partial charge in [-0.15, -0.1) is 0 Å². The number of hydrogen-bond acceptors (Lipinski definition) is 5. The summed E-state index contributed by atoms with van der Waals surface area (Å²) < 4.78 is 1.52. The second kappa shape index (κ2) is 5.61. The summed E-state index contributed by atoms with van der Waals surface area (Å²) in [6, 6.07) is 3.39. The van der Waals surface area contributed by atoms with Crippen molar-refractivity contribution in [1.82, 2.24) is 25.1 Å². The minimum Gasteiger partial charge on any atom is -0.345 e. The quantitative estimate of drug-likeness (QED) is 0.860. The van der Waals surface area contributed by atoms with E-state index < -0.39 is 0 Å². The fraction of sp³-hybridized carbons (Fsp3) is 0.429. The van der Waals surface area contributed by atoms with Gasteiger partial charge in [-0.2, -0.15) is 5.10 Å². The molecule has 0 radical (unpaired) electrons. The summed E-state index contributed by atoms with van der Waals surface area (Å²) in [7, 11) is 0. The van der Waals surface area contributed by atoms with E-state index in [-0.39, 0.29) is 11.4 Å². The number of amides is 1. The lowest BCUT2D eigenvalue weighted by Crippen LogP contribution is -2.51. The monoisotopic (exact) mass is 286 g/mol. The molecule has 1 amide bonds. The zero-order chi connectivity index (χ0) is 14.7. The summed E-state index contributed by atoms with van der Waals surface area (Å²) in [4.78, 5) is 20.5. The summed E-state index contributed by atoms with van der Waals surface area (Å²) in [6.07, 6.45) is 8.66. The van der Waals surface area contributed by atoms with Crippen LogP contribution in [-0.4, -0.2) is 37.7 Å². The molecule has 0 aliphatic heterocycles. The predicted octanol–water partition coefficient (Wildman–Crippen LogP) is 0.664. The molecule has 1 aliphatic carbocycles. The molecule has 0 atom stereocenters. The fourth-order valence-electron chi connectivity index (χ4n) is 2.76. The topological polar surface area (TPSA) is 98.7 Å². The van der Waals surface area contributed by atoms with Crippen LogP contribution in [0.4, 0.5) is 0 Å². The van der Waals surface area contributed by atoms with Crippen molar-refractivity contribution < 1.29 is 4.79 Å². The normalized spacial score (nSPS) is 16.8. The van der Waals surface area contributed by atoms with Crippen molar-refractivity contribution in [2.24, 2.45) is 5.73 Å². The Hall–Kier alpha value is -2.28. The molecule has 0 saturated heterocycles. The van der Waals surface area contributed by atoms with Crippen molar-refractivity contribution >= 4 is 5.91 Å².